The van der Waals surface area contributed by atoms with Crippen molar-refractivity contribution in [1.29, 1.82) is 0 Å². The minimum Gasteiger partial charge on any atom is -0.360 e. The predicted octanol–water partition coefficient (Wildman–Crippen LogP) is 3.01. The van der Waals surface area contributed by atoms with E-state index in [1.54, 1.807) is 6.07 Å². The van der Waals surface area contributed by atoms with Gasteiger partial charge >= 0.3 is 0 Å². The summed E-state index contributed by atoms with van der Waals surface area (Å²) in [4.78, 5) is 17.0. The molecule has 10 heteroatoms. The highest BCUT2D eigenvalue weighted by molar-refractivity contribution is 7.99. The molecule has 0 atom stereocenters. The van der Waals surface area contributed by atoms with Crippen molar-refractivity contribution >= 4 is 27.6 Å². The lowest BCUT2D eigenvalue weighted by molar-refractivity contribution is 0.102. The van der Waals surface area contributed by atoms with Gasteiger partial charge in [-0.3, -0.25) is 9.36 Å². The summed E-state index contributed by atoms with van der Waals surface area (Å²) in [6.45, 7) is 5.59. The van der Waals surface area contributed by atoms with Crippen molar-refractivity contribution in [3.05, 3.63) is 53.2 Å². The Morgan fingerprint density at radius 1 is 1.21 bits per heavy atom. The molecule has 0 spiro atoms. The van der Waals surface area contributed by atoms with Crippen molar-refractivity contribution in [3.8, 4) is 5.82 Å². The van der Waals surface area contributed by atoms with Crippen molar-refractivity contribution in [2.24, 2.45) is 0 Å². The molecule has 8 nitrogen and oxygen atoms in total. The molecule has 0 amide bonds. The lowest BCUT2D eigenvalue weighted by Crippen LogP contribution is -2.22. The monoisotopic (exact) mass is 434 g/mol. The molecule has 0 radical (unpaired) electrons. The van der Waals surface area contributed by atoms with E-state index in [0.29, 0.717) is 22.2 Å². The average Bonchev–Trinajstić information content (AvgIpc) is 3.22. The van der Waals surface area contributed by atoms with E-state index >= 15 is 0 Å². The zero-order valence-corrected chi connectivity index (χ0v) is 18.5. The molecule has 154 valence electrons. The van der Waals surface area contributed by atoms with Gasteiger partial charge in [0.25, 0.3) is 0 Å². The fraction of sp³-hybridized carbons (Fsp3) is 0.316. The smallest absolute Gasteiger partial charge is 0.244 e. The van der Waals surface area contributed by atoms with Gasteiger partial charge in [0, 0.05) is 43.3 Å². The molecule has 0 saturated heterocycles. The third kappa shape index (κ3) is 4.29. The van der Waals surface area contributed by atoms with Gasteiger partial charge in [-0.15, -0.1) is 0 Å². The van der Waals surface area contributed by atoms with E-state index in [1.165, 1.54) is 38.1 Å². The molecule has 3 rings (SSSR count). The Hall–Kier alpha value is -2.43. The number of carbonyl (C=O) groups excluding carboxylic acids is 1. The number of hydrogen-bond acceptors (Lipinski definition) is 7. The Labute approximate surface area is 174 Å². The second-order valence-corrected chi connectivity index (χ2v) is 9.89. The van der Waals surface area contributed by atoms with Gasteiger partial charge in [-0.1, -0.05) is 16.9 Å². The maximum atomic E-state index is 12.7. The SMILES string of the molecule is Cc1cc(-n2c(C)cc(C(=O)CSc3ccc(S(=O)(=O)N(C)C)cn3)c2C)no1. The van der Waals surface area contributed by atoms with Crippen LogP contribution < -0.4 is 0 Å². The first-order chi connectivity index (χ1) is 13.6. The van der Waals surface area contributed by atoms with Gasteiger partial charge in [0.05, 0.1) is 10.8 Å². The van der Waals surface area contributed by atoms with Crippen LogP contribution in [-0.4, -0.2) is 53.1 Å². The number of aryl methyl sites for hydroxylation is 2. The minimum atomic E-state index is -3.52. The number of nitrogens with zero attached hydrogens (tertiary/aromatic N) is 4. The zero-order valence-electron chi connectivity index (χ0n) is 16.8. The lowest BCUT2D eigenvalue weighted by atomic mass is 10.2. The fourth-order valence-electron chi connectivity index (χ4n) is 2.89. The average molecular weight is 435 g/mol. The molecule has 0 aliphatic rings. The number of aromatic nitrogens is 3. The van der Waals surface area contributed by atoms with Crippen LogP contribution in [0.2, 0.25) is 0 Å². The summed E-state index contributed by atoms with van der Waals surface area (Å²) >= 11 is 1.26. The predicted molar refractivity (Wildman–Crippen MR) is 110 cm³/mol. The van der Waals surface area contributed by atoms with Crippen molar-refractivity contribution in [1.82, 2.24) is 19.0 Å². The third-order valence-electron chi connectivity index (χ3n) is 4.42. The van der Waals surface area contributed by atoms with Crippen LogP contribution in [0.3, 0.4) is 0 Å². The highest BCUT2D eigenvalue weighted by Gasteiger charge is 2.20. The third-order valence-corrected chi connectivity index (χ3v) is 7.16. The van der Waals surface area contributed by atoms with Crippen molar-refractivity contribution in [3.63, 3.8) is 0 Å². The number of rotatable bonds is 7. The van der Waals surface area contributed by atoms with Crippen LogP contribution in [0.4, 0.5) is 0 Å². The van der Waals surface area contributed by atoms with Crippen LogP contribution in [-0.2, 0) is 10.0 Å². The quantitative estimate of drug-likeness (QED) is 0.416. The molecule has 3 aromatic rings. The highest BCUT2D eigenvalue weighted by Crippen LogP contribution is 2.24. The Kier molecular flexibility index (Phi) is 5.97. The molecular formula is C19H22N4O4S2. The molecule has 0 aliphatic heterocycles. The van der Waals surface area contributed by atoms with Crippen molar-refractivity contribution in [2.45, 2.75) is 30.7 Å². The van der Waals surface area contributed by atoms with Crippen LogP contribution in [0.25, 0.3) is 5.82 Å². The van der Waals surface area contributed by atoms with Gasteiger partial charge in [-0.05, 0) is 39.0 Å². The molecule has 0 aliphatic carbocycles. The number of Topliss-reactive ketones (excluding diaryl/α,β-unsaturated/α-hetero) is 1. The normalized spacial score (nSPS) is 11.9. The van der Waals surface area contributed by atoms with E-state index < -0.39 is 10.0 Å². The first kappa shape index (κ1) is 21.3. The largest absolute Gasteiger partial charge is 0.360 e. The molecule has 0 saturated carbocycles. The van der Waals surface area contributed by atoms with Crippen molar-refractivity contribution in [2.75, 3.05) is 19.8 Å². The highest BCUT2D eigenvalue weighted by atomic mass is 32.2. The van der Waals surface area contributed by atoms with Crippen LogP contribution in [0, 0.1) is 20.8 Å². The number of ketones is 1. The summed E-state index contributed by atoms with van der Waals surface area (Å²) in [5.41, 5.74) is 2.30. The first-order valence-electron chi connectivity index (χ1n) is 8.78. The van der Waals surface area contributed by atoms with E-state index in [0.717, 1.165) is 15.7 Å². The van der Waals surface area contributed by atoms with Gasteiger partial charge in [-0.25, -0.2) is 17.7 Å². The van der Waals surface area contributed by atoms with E-state index in [4.69, 9.17) is 4.52 Å². The van der Waals surface area contributed by atoms with E-state index in [2.05, 4.69) is 10.1 Å². The summed E-state index contributed by atoms with van der Waals surface area (Å²) in [5, 5.41) is 4.60. The Morgan fingerprint density at radius 3 is 2.48 bits per heavy atom. The second-order valence-electron chi connectivity index (χ2n) is 6.75. The maximum absolute atomic E-state index is 12.7. The standard InChI is InChI=1S/C19H22N4O4S2/c1-12-8-16(14(3)23(12)18-9-13(2)27-21-18)17(24)11-28-19-7-6-15(10-20-19)29(25,26)22(4)5/h6-10H,11H2,1-5H3. The van der Waals surface area contributed by atoms with E-state index in [-0.39, 0.29) is 16.4 Å². The number of thioether (sulfide) groups is 1. The lowest BCUT2D eigenvalue weighted by Gasteiger charge is -2.11. The molecule has 3 aromatic heterocycles. The first-order valence-corrected chi connectivity index (χ1v) is 11.2. The Balaban J connectivity index is 1.73. The van der Waals surface area contributed by atoms with Crippen molar-refractivity contribution < 1.29 is 17.7 Å². The zero-order chi connectivity index (χ0) is 21.3. The summed E-state index contributed by atoms with van der Waals surface area (Å²) in [5.74, 6) is 1.49. The molecule has 0 fully saturated rings. The van der Waals surface area contributed by atoms with E-state index in [1.807, 2.05) is 37.5 Å². The fourth-order valence-corrected chi connectivity index (χ4v) is 4.46. The van der Waals surface area contributed by atoms with Gasteiger partial charge in [-0.2, -0.15) is 0 Å². The summed E-state index contributed by atoms with van der Waals surface area (Å²) in [6.07, 6.45) is 1.31. The van der Waals surface area contributed by atoms with Crippen LogP contribution >= 0.6 is 11.8 Å². The Bertz CT molecular complexity index is 1150. The molecule has 3 heterocycles. The molecule has 0 bridgehead atoms. The van der Waals surface area contributed by atoms with Crippen LogP contribution in [0.1, 0.15) is 27.5 Å². The van der Waals surface area contributed by atoms with Gasteiger partial charge in [0.15, 0.2) is 11.6 Å². The summed E-state index contributed by atoms with van der Waals surface area (Å²) in [6, 6.07) is 6.75. The molecule has 0 N–H and O–H groups in total. The minimum absolute atomic E-state index is 0.0404. The molecule has 0 aromatic carbocycles. The van der Waals surface area contributed by atoms with Gasteiger partial charge in [0.1, 0.15) is 10.7 Å². The topological polar surface area (TPSA) is 98.3 Å². The summed E-state index contributed by atoms with van der Waals surface area (Å²) < 4.78 is 32.3. The second kappa shape index (κ2) is 8.13. The number of sulfonamides is 1. The number of carbonyl (C=O) groups is 1. The molecule has 0 unspecified atom stereocenters. The molecular weight excluding hydrogens is 412 g/mol. The number of hydrogen-bond donors (Lipinski definition) is 0. The van der Waals surface area contributed by atoms with Gasteiger partial charge in [0.2, 0.25) is 10.0 Å². The van der Waals surface area contributed by atoms with Crippen LogP contribution in [0.15, 0.2) is 44.9 Å². The summed E-state index contributed by atoms with van der Waals surface area (Å²) in [7, 11) is -0.590. The molecule has 29 heavy (non-hydrogen) atoms. The van der Waals surface area contributed by atoms with Crippen LogP contribution in [0.5, 0.6) is 0 Å². The Morgan fingerprint density at radius 2 is 1.93 bits per heavy atom. The van der Waals surface area contributed by atoms with E-state index in [9.17, 15) is 13.2 Å². The maximum Gasteiger partial charge on any atom is 0.244 e. The number of pyridine rings is 1. The van der Waals surface area contributed by atoms with Gasteiger partial charge < -0.3 is 4.52 Å².